The molecule has 31 heavy (non-hydrogen) atoms. The molecule has 0 spiro atoms. The Bertz CT molecular complexity index is 918. The average Bonchev–Trinajstić information content (AvgIpc) is 3.11. The summed E-state index contributed by atoms with van der Waals surface area (Å²) < 4.78 is 6.79. The minimum atomic E-state index is -0.309. The fourth-order valence-electron chi connectivity index (χ4n) is 3.76. The van der Waals surface area contributed by atoms with E-state index < -0.39 is 0 Å². The van der Waals surface area contributed by atoms with Crippen LogP contribution in [0.5, 0.6) is 0 Å². The molecule has 168 valence electrons. The number of imidazole rings is 1. The Morgan fingerprint density at radius 3 is 2.55 bits per heavy atom. The van der Waals surface area contributed by atoms with Crippen LogP contribution in [-0.4, -0.2) is 76.4 Å². The number of ether oxygens (including phenoxy) is 1. The fraction of sp³-hybridized carbons (Fsp3) is 0.545. The monoisotopic (exact) mass is 429 g/mol. The molecule has 1 fully saturated rings. The molecule has 3 rings (SSSR count). The highest BCUT2D eigenvalue weighted by Crippen LogP contribution is 2.12. The van der Waals surface area contributed by atoms with Gasteiger partial charge in [0.2, 0.25) is 5.91 Å². The first kappa shape index (κ1) is 22.6. The summed E-state index contributed by atoms with van der Waals surface area (Å²) in [6.07, 6.45) is 4.46. The van der Waals surface area contributed by atoms with E-state index in [4.69, 9.17) is 4.74 Å². The van der Waals surface area contributed by atoms with Crippen LogP contribution in [0.1, 0.15) is 48.8 Å². The van der Waals surface area contributed by atoms with Gasteiger partial charge in [-0.15, -0.1) is 0 Å². The first-order valence-corrected chi connectivity index (χ1v) is 10.9. The van der Waals surface area contributed by atoms with Crippen LogP contribution in [0.2, 0.25) is 0 Å². The molecule has 0 aromatic carbocycles. The van der Waals surface area contributed by atoms with E-state index >= 15 is 0 Å². The van der Waals surface area contributed by atoms with E-state index in [2.05, 4.69) is 10.3 Å². The standard InChI is InChI=1S/C22H31N5O4/c1-3-31-22(30)26-15-13-25(14-16-26)19(28)10-5-4-7-11-23-21(29)20-17(2)24-18-9-6-8-12-27(18)20/h6,8-9,12H,3-5,7,10-11,13-16H2,1-2H3,(H,23,29). The van der Waals surface area contributed by atoms with Crippen molar-refractivity contribution in [1.82, 2.24) is 24.5 Å². The number of fused-ring (bicyclic) bond motifs is 1. The zero-order valence-electron chi connectivity index (χ0n) is 18.3. The molecule has 0 atom stereocenters. The summed E-state index contributed by atoms with van der Waals surface area (Å²) >= 11 is 0. The molecule has 1 N–H and O–H groups in total. The van der Waals surface area contributed by atoms with Crippen molar-refractivity contribution in [2.75, 3.05) is 39.3 Å². The molecule has 2 aromatic rings. The molecular weight excluding hydrogens is 398 g/mol. The number of unbranched alkanes of at least 4 members (excludes halogenated alkanes) is 2. The summed E-state index contributed by atoms with van der Waals surface area (Å²) in [5.41, 5.74) is 2.02. The normalized spacial score (nSPS) is 14.0. The smallest absolute Gasteiger partial charge is 0.409 e. The summed E-state index contributed by atoms with van der Waals surface area (Å²) in [6.45, 7) is 6.66. The number of aryl methyl sites for hydroxylation is 1. The Labute approximate surface area is 182 Å². The van der Waals surface area contributed by atoms with E-state index in [1.165, 1.54) is 0 Å². The molecule has 3 heterocycles. The van der Waals surface area contributed by atoms with Gasteiger partial charge in [0.25, 0.3) is 5.91 Å². The Hall–Kier alpha value is -3.10. The van der Waals surface area contributed by atoms with Crippen LogP contribution in [0.25, 0.3) is 5.65 Å². The average molecular weight is 430 g/mol. The molecule has 9 heteroatoms. The van der Waals surface area contributed by atoms with Crippen LogP contribution in [0.3, 0.4) is 0 Å². The van der Waals surface area contributed by atoms with E-state index in [1.54, 1.807) is 16.2 Å². The van der Waals surface area contributed by atoms with Gasteiger partial charge in [-0.3, -0.25) is 14.0 Å². The Kier molecular flexibility index (Phi) is 7.86. The summed E-state index contributed by atoms with van der Waals surface area (Å²) in [6, 6.07) is 5.64. The molecule has 0 unspecified atom stereocenters. The minimum absolute atomic E-state index is 0.119. The first-order valence-electron chi connectivity index (χ1n) is 10.9. The third-order valence-corrected chi connectivity index (χ3v) is 5.43. The summed E-state index contributed by atoms with van der Waals surface area (Å²) in [7, 11) is 0. The summed E-state index contributed by atoms with van der Waals surface area (Å²) in [4.78, 5) is 44.5. The number of hydrogen-bond acceptors (Lipinski definition) is 5. The molecular formula is C22H31N5O4. The maximum atomic E-state index is 12.5. The van der Waals surface area contributed by atoms with E-state index in [0.29, 0.717) is 57.1 Å². The van der Waals surface area contributed by atoms with Gasteiger partial charge < -0.3 is 19.9 Å². The first-order chi connectivity index (χ1) is 15.0. The number of hydrogen-bond donors (Lipinski definition) is 1. The van der Waals surface area contributed by atoms with E-state index in [9.17, 15) is 14.4 Å². The van der Waals surface area contributed by atoms with Crippen molar-refractivity contribution in [2.24, 2.45) is 0 Å². The van der Waals surface area contributed by atoms with Gasteiger partial charge in [0.05, 0.1) is 12.3 Å². The zero-order chi connectivity index (χ0) is 22.2. The van der Waals surface area contributed by atoms with Crippen LogP contribution >= 0.6 is 0 Å². The highest BCUT2D eigenvalue weighted by molar-refractivity contribution is 5.94. The molecule has 2 aromatic heterocycles. The predicted molar refractivity (Wildman–Crippen MR) is 116 cm³/mol. The van der Waals surface area contributed by atoms with Crippen molar-refractivity contribution in [3.05, 3.63) is 35.8 Å². The van der Waals surface area contributed by atoms with E-state index in [-0.39, 0.29) is 17.9 Å². The third kappa shape index (κ3) is 5.74. The summed E-state index contributed by atoms with van der Waals surface area (Å²) in [5.74, 6) is -0.0133. The van der Waals surface area contributed by atoms with Gasteiger partial charge in [0.15, 0.2) is 0 Å². The molecule has 0 aliphatic carbocycles. The number of piperazine rings is 1. The number of amides is 3. The molecule has 0 saturated carbocycles. The van der Waals surface area contributed by atoms with Crippen LogP contribution in [0.15, 0.2) is 24.4 Å². The van der Waals surface area contributed by atoms with Gasteiger partial charge in [-0.2, -0.15) is 0 Å². The number of rotatable bonds is 8. The number of aromatic nitrogens is 2. The maximum Gasteiger partial charge on any atom is 0.409 e. The van der Waals surface area contributed by atoms with E-state index in [0.717, 1.165) is 24.9 Å². The Balaban J connectivity index is 1.32. The Morgan fingerprint density at radius 1 is 1.06 bits per heavy atom. The highest BCUT2D eigenvalue weighted by atomic mass is 16.6. The quantitative estimate of drug-likeness (QED) is 0.649. The second-order valence-electron chi connectivity index (χ2n) is 7.61. The van der Waals surface area contributed by atoms with Crippen LogP contribution < -0.4 is 5.32 Å². The van der Waals surface area contributed by atoms with Gasteiger partial charge in [0.1, 0.15) is 11.3 Å². The molecule has 9 nitrogen and oxygen atoms in total. The second kappa shape index (κ2) is 10.8. The van der Waals surface area contributed by atoms with Crippen molar-refractivity contribution < 1.29 is 19.1 Å². The number of nitrogens with one attached hydrogen (secondary N) is 1. The number of carbonyl (C=O) groups is 3. The zero-order valence-corrected chi connectivity index (χ0v) is 18.3. The van der Waals surface area contributed by atoms with Crippen molar-refractivity contribution in [2.45, 2.75) is 39.5 Å². The summed E-state index contributed by atoms with van der Waals surface area (Å²) in [5, 5.41) is 2.95. The predicted octanol–water partition coefficient (Wildman–Crippen LogP) is 2.23. The maximum absolute atomic E-state index is 12.5. The molecule has 3 amide bonds. The molecule has 1 saturated heterocycles. The molecule has 1 aliphatic rings. The topological polar surface area (TPSA) is 96.2 Å². The molecule has 0 bridgehead atoms. The minimum Gasteiger partial charge on any atom is -0.450 e. The highest BCUT2D eigenvalue weighted by Gasteiger charge is 2.24. The van der Waals surface area contributed by atoms with Gasteiger partial charge >= 0.3 is 6.09 Å². The second-order valence-corrected chi connectivity index (χ2v) is 7.61. The number of nitrogens with zero attached hydrogens (tertiary/aromatic N) is 4. The van der Waals surface area contributed by atoms with Crippen molar-refractivity contribution >= 4 is 23.6 Å². The SMILES string of the molecule is CCOC(=O)N1CCN(C(=O)CCCCCNC(=O)c2c(C)nc3ccccn23)CC1. The van der Waals surface area contributed by atoms with Crippen LogP contribution in [0, 0.1) is 6.92 Å². The Morgan fingerprint density at radius 2 is 1.81 bits per heavy atom. The van der Waals surface area contributed by atoms with Gasteiger partial charge in [-0.25, -0.2) is 9.78 Å². The van der Waals surface area contributed by atoms with Crippen LogP contribution in [0.4, 0.5) is 4.79 Å². The molecule has 0 radical (unpaired) electrons. The van der Waals surface area contributed by atoms with Crippen LogP contribution in [-0.2, 0) is 9.53 Å². The van der Waals surface area contributed by atoms with E-state index in [1.807, 2.05) is 36.2 Å². The van der Waals surface area contributed by atoms with Crippen molar-refractivity contribution in [3.63, 3.8) is 0 Å². The third-order valence-electron chi connectivity index (χ3n) is 5.43. The lowest BCUT2D eigenvalue weighted by molar-refractivity contribution is -0.132. The largest absolute Gasteiger partial charge is 0.450 e. The van der Waals surface area contributed by atoms with Crippen molar-refractivity contribution in [1.29, 1.82) is 0 Å². The lowest BCUT2D eigenvalue weighted by Crippen LogP contribution is -2.50. The lowest BCUT2D eigenvalue weighted by Gasteiger charge is -2.34. The van der Waals surface area contributed by atoms with Crippen molar-refractivity contribution in [3.8, 4) is 0 Å². The molecule has 1 aliphatic heterocycles. The van der Waals surface area contributed by atoms with Gasteiger partial charge in [-0.1, -0.05) is 12.5 Å². The lowest BCUT2D eigenvalue weighted by atomic mass is 10.1. The number of pyridine rings is 1. The fourth-order valence-corrected chi connectivity index (χ4v) is 3.76. The number of carbonyl (C=O) groups excluding carboxylic acids is 3. The van der Waals surface area contributed by atoms with Gasteiger partial charge in [0, 0.05) is 45.3 Å². The van der Waals surface area contributed by atoms with Gasteiger partial charge in [-0.05, 0) is 38.8 Å².